The lowest BCUT2D eigenvalue weighted by atomic mass is 10.00. The molecule has 4 heterocycles. The van der Waals surface area contributed by atoms with Crippen LogP contribution >= 0.6 is 0 Å². The van der Waals surface area contributed by atoms with Crippen molar-refractivity contribution in [3.8, 4) is 0 Å². The summed E-state index contributed by atoms with van der Waals surface area (Å²) < 4.78 is 52.1. The van der Waals surface area contributed by atoms with Crippen molar-refractivity contribution in [1.82, 2.24) is 14.3 Å². The molecular weight excluding hydrogens is 388 g/mol. The highest BCUT2D eigenvalue weighted by Crippen LogP contribution is 2.40. The van der Waals surface area contributed by atoms with Crippen LogP contribution in [0.2, 0.25) is 0 Å². The highest BCUT2D eigenvalue weighted by molar-refractivity contribution is 7.91. The standard InChI is InChI=1S/C17H26N4O4S2/c1-2-3-8-27(24,25)21-10-14-15(11-21)26(22,23)12-13-9-18-17(19-16(13)14)20-6-4-5-7-20/h9,14-15H,2-8,10-12H2,1H3/t14-,15+/m0/s1. The van der Waals surface area contributed by atoms with Gasteiger partial charge in [-0.15, -0.1) is 0 Å². The fourth-order valence-corrected chi connectivity index (χ4v) is 8.06. The maximum atomic E-state index is 12.8. The zero-order valence-electron chi connectivity index (χ0n) is 15.5. The van der Waals surface area contributed by atoms with E-state index in [1.54, 1.807) is 6.20 Å². The van der Waals surface area contributed by atoms with Crippen LogP contribution in [-0.2, 0) is 25.6 Å². The molecule has 3 aliphatic heterocycles. The second-order valence-corrected chi connectivity index (χ2v) is 12.0. The normalized spacial score (nSPS) is 27.5. The van der Waals surface area contributed by atoms with Crippen molar-refractivity contribution in [2.75, 3.05) is 36.8 Å². The number of fused-ring (bicyclic) bond motifs is 3. The molecule has 0 aliphatic carbocycles. The second-order valence-electron chi connectivity index (χ2n) is 7.71. The van der Waals surface area contributed by atoms with Crippen LogP contribution in [0.3, 0.4) is 0 Å². The monoisotopic (exact) mass is 414 g/mol. The van der Waals surface area contributed by atoms with E-state index < -0.39 is 31.0 Å². The van der Waals surface area contributed by atoms with Gasteiger partial charge in [-0.2, -0.15) is 4.31 Å². The number of aromatic nitrogens is 2. The molecule has 27 heavy (non-hydrogen) atoms. The molecule has 8 nitrogen and oxygen atoms in total. The summed E-state index contributed by atoms with van der Waals surface area (Å²) in [7, 11) is -6.86. The number of hydrogen-bond acceptors (Lipinski definition) is 7. The van der Waals surface area contributed by atoms with Crippen LogP contribution in [0.15, 0.2) is 6.20 Å². The van der Waals surface area contributed by atoms with Crippen LogP contribution in [-0.4, -0.2) is 68.3 Å². The van der Waals surface area contributed by atoms with Gasteiger partial charge in [0.2, 0.25) is 16.0 Å². The van der Waals surface area contributed by atoms with Gasteiger partial charge in [0.15, 0.2) is 9.84 Å². The lowest BCUT2D eigenvalue weighted by Gasteiger charge is -2.27. The smallest absolute Gasteiger partial charge is 0.225 e. The summed E-state index contributed by atoms with van der Waals surface area (Å²) in [6, 6.07) is 0. The highest BCUT2D eigenvalue weighted by atomic mass is 32.2. The molecule has 0 amide bonds. The molecule has 150 valence electrons. The third-order valence-electron chi connectivity index (χ3n) is 5.83. The maximum Gasteiger partial charge on any atom is 0.225 e. The topological polar surface area (TPSA) is 101 Å². The van der Waals surface area contributed by atoms with Gasteiger partial charge in [0.1, 0.15) is 0 Å². The highest BCUT2D eigenvalue weighted by Gasteiger charge is 2.50. The van der Waals surface area contributed by atoms with Crippen molar-refractivity contribution in [3.63, 3.8) is 0 Å². The van der Waals surface area contributed by atoms with Crippen LogP contribution in [0.25, 0.3) is 0 Å². The van der Waals surface area contributed by atoms with Gasteiger partial charge in [-0.05, 0) is 19.3 Å². The number of anilines is 1. The molecule has 0 bridgehead atoms. The van der Waals surface area contributed by atoms with Gasteiger partial charge in [0.25, 0.3) is 0 Å². The summed E-state index contributed by atoms with van der Waals surface area (Å²) in [6.07, 6.45) is 5.19. The molecule has 0 unspecified atom stereocenters. The Labute approximate surface area is 161 Å². The summed E-state index contributed by atoms with van der Waals surface area (Å²) >= 11 is 0. The first-order chi connectivity index (χ1) is 12.8. The van der Waals surface area contributed by atoms with Crippen molar-refractivity contribution >= 4 is 25.8 Å². The molecule has 2 atom stereocenters. The number of hydrogen-bond donors (Lipinski definition) is 0. The van der Waals surface area contributed by atoms with Gasteiger partial charge in [-0.3, -0.25) is 0 Å². The lowest BCUT2D eigenvalue weighted by Crippen LogP contribution is -2.36. The largest absolute Gasteiger partial charge is 0.341 e. The first-order valence-corrected chi connectivity index (χ1v) is 12.9. The van der Waals surface area contributed by atoms with Gasteiger partial charge < -0.3 is 4.90 Å². The van der Waals surface area contributed by atoms with Crippen molar-refractivity contribution in [2.24, 2.45) is 0 Å². The molecule has 0 N–H and O–H groups in total. The van der Waals surface area contributed by atoms with E-state index in [9.17, 15) is 16.8 Å². The van der Waals surface area contributed by atoms with Crippen LogP contribution in [0.1, 0.15) is 49.8 Å². The lowest BCUT2D eigenvalue weighted by molar-refractivity contribution is 0.470. The first-order valence-electron chi connectivity index (χ1n) is 9.62. The third kappa shape index (κ3) is 3.47. The summed E-state index contributed by atoms with van der Waals surface area (Å²) in [4.78, 5) is 11.2. The van der Waals surface area contributed by atoms with E-state index in [1.165, 1.54) is 4.31 Å². The van der Waals surface area contributed by atoms with Gasteiger partial charge in [-0.1, -0.05) is 13.3 Å². The quantitative estimate of drug-likeness (QED) is 0.706. The number of nitrogens with zero attached hydrogens (tertiary/aromatic N) is 4. The molecule has 0 aromatic carbocycles. The Hall–Kier alpha value is -1.26. The van der Waals surface area contributed by atoms with E-state index in [0.29, 0.717) is 17.9 Å². The summed E-state index contributed by atoms with van der Waals surface area (Å²) in [5.74, 6) is 0.196. The predicted molar refractivity (Wildman–Crippen MR) is 103 cm³/mol. The summed E-state index contributed by atoms with van der Waals surface area (Å²) in [5.41, 5.74) is 1.34. The molecule has 0 spiro atoms. The number of sulfone groups is 1. The third-order valence-corrected chi connectivity index (χ3v) is 9.83. The Morgan fingerprint density at radius 1 is 1.22 bits per heavy atom. The van der Waals surface area contributed by atoms with E-state index in [1.807, 2.05) is 6.92 Å². The number of unbranched alkanes of at least 4 members (excludes halogenated alkanes) is 1. The average Bonchev–Trinajstić information content (AvgIpc) is 3.30. The minimum atomic E-state index is -3.44. The Morgan fingerprint density at radius 2 is 1.96 bits per heavy atom. The molecule has 10 heteroatoms. The van der Waals surface area contributed by atoms with Gasteiger partial charge in [-0.25, -0.2) is 26.8 Å². The minimum Gasteiger partial charge on any atom is -0.341 e. The summed E-state index contributed by atoms with van der Waals surface area (Å²) in [6.45, 7) is 3.99. The minimum absolute atomic E-state index is 0.0432. The van der Waals surface area contributed by atoms with Gasteiger partial charge in [0.05, 0.1) is 22.4 Å². The van der Waals surface area contributed by atoms with E-state index in [4.69, 9.17) is 4.98 Å². The molecule has 0 saturated carbocycles. The van der Waals surface area contributed by atoms with Crippen molar-refractivity contribution in [2.45, 2.75) is 49.5 Å². The molecule has 4 rings (SSSR count). The van der Waals surface area contributed by atoms with Crippen molar-refractivity contribution in [1.29, 1.82) is 0 Å². The first kappa shape index (κ1) is 19.1. The molecule has 2 fully saturated rings. The second kappa shape index (κ2) is 6.97. The van der Waals surface area contributed by atoms with Gasteiger partial charge in [0, 0.05) is 43.9 Å². The molecular formula is C17H26N4O4S2. The Morgan fingerprint density at radius 3 is 2.67 bits per heavy atom. The SMILES string of the molecule is CCCCS(=O)(=O)N1C[C@@H]2c3nc(N4CCCC4)ncc3CS(=O)(=O)[C@@H]2C1. The number of rotatable bonds is 5. The molecule has 1 aromatic rings. The van der Waals surface area contributed by atoms with Crippen LogP contribution in [0.4, 0.5) is 5.95 Å². The van der Waals surface area contributed by atoms with E-state index in [2.05, 4.69) is 9.88 Å². The van der Waals surface area contributed by atoms with Crippen molar-refractivity contribution in [3.05, 3.63) is 17.5 Å². The summed E-state index contributed by atoms with van der Waals surface area (Å²) in [5, 5.41) is -0.706. The van der Waals surface area contributed by atoms with Crippen LogP contribution < -0.4 is 4.90 Å². The fraction of sp³-hybridized carbons (Fsp3) is 0.765. The van der Waals surface area contributed by atoms with Crippen molar-refractivity contribution < 1.29 is 16.8 Å². The fourth-order valence-electron chi connectivity index (χ4n) is 4.28. The zero-order chi connectivity index (χ0) is 19.2. The van der Waals surface area contributed by atoms with E-state index >= 15 is 0 Å². The predicted octanol–water partition coefficient (Wildman–Crippen LogP) is 0.903. The molecule has 0 radical (unpaired) electrons. The maximum absolute atomic E-state index is 12.8. The zero-order valence-corrected chi connectivity index (χ0v) is 17.2. The van der Waals surface area contributed by atoms with Gasteiger partial charge >= 0.3 is 0 Å². The van der Waals surface area contributed by atoms with Crippen LogP contribution in [0, 0.1) is 0 Å². The van der Waals surface area contributed by atoms with E-state index in [-0.39, 0.29) is 24.6 Å². The molecule has 2 saturated heterocycles. The van der Waals surface area contributed by atoms with Crippen LogP contribution in [0.5, 0.6) is 0 Å². The Balaban J connectivity index is 1.67. The Kier molecular flexibility index (Phi) is 4.92. The van der Waals surface area contributed by atoms with E-state index in [0.717, 1.165) is 38.0 Å². The Bertz CT molecular complexity index is 926. The number of sulfonamides is 1. The average molecular weight is 415 g/mol. The molecule has 3 aliphatic rings. The molecule has 1 aromatic heterocycles.